The summed E-state index contributed by atoms with van der Waals surface area (Å²) in [5.74, 6) is -0.875. The molecule has 0 amide bonds. The summed E-state index contributed by atoms with van der Waals surface area (Å²) in [5, 5.41) is 25.4. The molecule has 0 aliphatic rings. The van der Waals surface area contributed by atoms with Crippen LogP contribution in [0.3, 0.4) is 0 Å². The third-order valence-corrected chi connectivity index (χ3v) is 2.38. The summed E-state index contributed by atoms with van der Waals surface area (Å²) in [4.78, 5) is 10.6. The number of hydrogen-bond donors (Lipinski definition) is 3. The average Bonchev–Trinajstić information content (AvgIpc) is 2.28. The predicted octanol–water partition coefficient (Wildman–Crippen LogP) is 2.43. The molecule has 0 heterocycles. The highest BCUT2D eigenvalue weighted by atomic mass is 16.4. The van der Waals surface area contributed by atoms with E-state index in [2.05, 4.69) is 20.8 Å². The van der Waals surface area contributed by atoms with Crippen molar-refractivity contribution in [1.29, 1.82) is 0 Å². The molecule has 0 aliphatic heterocycles. The molecular formula is C15H24O4. The van der Waals surface area contributed by atoms with Gasteiger partial charge >= 0.3 is 5.97 Å². The van der Waals surface area contributed by atoms with Crippen LogP contribution in [-0.2, 0) is 5.41 Å². The fourth-order valence-corrected chi connectivity index (χ4v) is 1.11. The van der Waals surface area contributed by atoms with Crippen LogP contribution in [0.5, 0.6) is 0 Å². The second kappa shape index (κ2) is 6.68. The van der Waals surface area contributed by atoms with E-state index >= 15 is 0 Å². The first kappa shape index (κ1) is 17.6. The Morgan fingerprint density at radius 2 is 1.42 bits per heavy atom. The van der Waals surface area contributed by atoms with E-state index in [0.29, 0.717) is 5.56 Å². The van der Waals surface area contributed by atoms with Crippen LogP contribution in [0.1, 0.15) is 50.5 Å². The van der Waals surface area contributed by atoms with E-state index in [9.17, 15) is 4.79 Å². The van der Waals surface area contributed by atoms with E-state index in [0.717, 1.165) is 5.56 Å². The first-order valence-electron chi connectivity index (χ1n) is 6.14. The molecule has 0 saturated carbocycles. The monoisotopic (exact) mass is 268 g/mol. The van der Waals surface area contributed by atoms with E-state index in [4.69, 9.17) is 15.3 Å². The zero-order valence-electron chi connectivity index (χ0n) is 12.3. The summed E-state index contributed by atoms with van der Waals surface area (Å²) in [7, 11) is 0. The standard InChI is InChI=1S/C11H14O2.C4H10O2/c1-11(2,3)9-6-4-8(5-7-9)10(12)13;1-4(2,6)3-5/h4-7H,1-3H3,(H,12,13);5-6H,3H2,1-2H3. The lowest BCUT2D eigenvalue weighted by Crippen LogP contribution is -2.23. The molecular weight excluding hydrogens is 244 g/mol. The number of carboxylic acid groups (broad SMARTS) is 1. The lowest BCUT2D eigenvalue weighted by molar-refractivity contribution is 0.0183. The first-order valence-corrected chi connectivity index (χ1v) is 6.14. The van der Waals surface area contributed by atoms with Crippen molar-refractivity contribution < 1.29 is 20.1 Å². The van der Waals surface area contributed by atoms with Gasteiger partial charge in [0.05, 0.1) is 17.8 Å². The number of rotatable bonds is 2. The molecule has 0 aliphatic carbocycles. The maximum absolute atomic E-state index is 10.6. The van der Waals surface area contributed by atoms with Gasteiger partial charge in [0.1, 0.15) is 0 Å². The minimum absolute atomic E-state index is 0.0804. The molecule has 0 unspecified atom stereocenters. The van der Waals surface area contributed by atoms with Crippen molar-refractivity contribution in [2.75, 3.05) is 6.61 Å². The van der Waals surface area contributed by atoms with Gasteiger partial charge in [-0.25, -0.2) is 4.79 Å². The Morgan fingerprint density at radius 3 is 1.63 bits per heavy atom. The van der Waals surface area contributed by atoms with Crippen molar-refractivity contribution in [3.05, 3.63) is 35.4 Å². The van der Waals surface area contributed by atoms with Crippen molar-refractivity contribution in [2.24, 2.45) is 0 Å². The van der Waals surface area contributed by atoms with Crippen LogP contribution >= 0.6 is 0 Å². The molecule has 1 aromatic carbocycles. The molecule has 3 N–H and O–H groups in total. The third-order valence-electron chi connectivity index (χ3n) is 2.38. The van der Waals surface area contributed by atoms with E-state index in [1.807, 2.05) is 12.1 Å². The Bertz CT molecular complexity index is 394. The van der Waals surface area contributed by atoms with Crippen LogP contribution in [0.25, 0.3) is 0 Å². The number of carbonyl (C=O) groups is 1. The Morgan fingerprint density at radius 1 is 1.05 bits per heavy atom. The van der Waals surface area contributed by atoms with Crippen molar-refractivity contribution in [1.82, 2.24) is 0 Å². The van der Waals surface area contributed by atoms with Crippen molar-refractivity contribution >= 4 is 5.97 Å². The highest BCUT2D eigenvalue weighted by Gasteiger charge is 2.13. The molecule has 19 heavy (non-hydrogen) atoms. The smallest absolute Gasteiger partial charge is 0.335 e. The molecule has 1 rings (SSSR count). The van der Waals surface area contributed by atoms with E-state index in [-0.39, 0.29) is 12.0 Å². The van der Waals surface area contributed by atoms with Crippen molar-refractivity contribution in [3.63, 3.8) is 0 Å². The SMILES string of the molecule is CC(C)(C)c1ccc(C(=O)O)cc1.CC(C)(O)CO. The highest BCUT2D eigenvalue weighted by Crippen LogP contribution is 2.21. The minimum Gasteiger partial charge on any atom is -0.478 e. The average molecular weight is 268 g/mol. The highest BCUT2D eigenvalue weighted by molar-refractivity contribution is 5.87. The lowest BCUT2D eigenvalue weighted by atomic mass is 9.87. The molecule has 0 aromatic heterocycles. The van der Waals surface area contributed by atoms with Crippen LogP contribution in [0.4, 0.5) is 0 Å². The normalized spacial score (nSPS) is 11.5. The maximum atomic E-state index is 10.6. The van der Waals surface area contributed by atoms with E-state index < -0.39 is 11.6 Å². The molecule has 0 atom stereocenters. The van der Waals surface area contributed by atoms with Crippen LogP contribution < -0.4 is 0 Å². The predicted molar refractivity (Wildman–Crippen MR) is 75.5 cm³/mol. The van der Waals surface area contributed by atoms with E-state index in [1.165, 1.54) is 0 Å². The number of aliphatic hydroxyl groups excluding tert-OH is 1. The number of hydrogen-bond acceptors (Lipinski definition) is 3. The Balaban J connectivity index is 0.000000459. The molecule has 4 heteroatoms. The van der Waals surface area contributed by atoms with Gasteiger partial charge < -0.3 is 15.3 Å². The van der Waals surface area contributed by atoms with Crippen molar-refractivity contribution in [3.8, 4) is 0 Å². The molecule has 0 saturated heterocycles. The molecule has 108 valence electrons. The first-order chi connectivity index (χ1) is 8.47. The van der Waals surface area contributed by atoms with Gasteiger partial charge in [-0.3, -0.25) is 0 Å². The van der Waals surface area contributed by atoms with Gasteiger partial charge in [0.15, 0.2) is 0 Å². The largest absolute Gasteiger partial charge is 0.478 e. The third kappa shape index (κ3) is 7.59. The van der Waals surface area contributed by atoms with E-state index in [1.54, 1.807) is 26.0 Å². The number of aromatic carboxylic acids is 1. The van der Waals surface area contributed by atoms with Gasteiger partial charge in [-0.05, 0) is 37.0 Å². The van der Waals surface area contributed by atoms with Gasteiger partial charge in [-0.2, -0.15) is 0 Å². The number of aliphatic hydroxyl groups is 2. The van der Waals surface area contributed by atoms with Crippen LogP contribution in [-0.4, -0.2) is 33.5 Å². The Kier molecular flexibility index (Phi) is 6.19. The lowest BCUT2D eigenvalue weighted by Gasteiger charge is -2.18. The van der Waals surface area contributed by atoms with Gasteiger partial charge in [-0.1, -0.05) is 32.9 Å². The van der Waals surface area contributed by atoms with Gasteiger partial charge in [0.2, 0.25) is 0 Å². The number of benzene rings is 1. The summed E-state index contributed by atoms with van der Waals surface area (Å²) in [5.41, 5.74) is 0.669. The summed E-state index contributed by atoms with van der Waals surface area (Å²) >= 11 is 0. The quantitative estimate of drug-likeness (QED) is 0.770. The van der Waals surface area contributed by atoms with Gasteiger partial charge in [-0.15, -0.1) is 0 Å². The Labute approximate surface area is 114 Å². The fourth-order valence-electron chi connectivity index (χ4n) is 1.11. The summed E-state index contributed by atoms with van der Waals surface area (Å²) < 4.78 is 0. The molecule has 0 fully saturated rings. The molecule has 0 spiro atoms. The topological polar surface area (TPSA) is 77.8 Å². The molecule has 4 nitrogen and oxygen atoms in total. The molecule has 1 aromatic rings. The molecule has 0 radical (unpaired) electrons. The molecule has 0 bridgehead atoms. The maximum Gasteiger partial charge on any atom is 0.335 e. The summed E-state index contributed by atoms with van der Waals surface area (Å²) in [6, 6.07) is 7.01. The second-order valence-electron chi connectivity index (χ2n) is 6.10. The van der Waals surface area contributed by atoms with Crippen LogP contribution in [0, 0.1) is 0 Å². The van der Waals surface area contributed by atoms with Gasteiger partial charge in [0, 0.05) is 0 Å². The fraction of sp³-hybridized carbons (Fsp3) is 0.533. The number of carboxylic acids is 1. The summed E-state index contributed by atoms with van der Waals surface area (Å²) in [6.45, 7) is 9.22. The Hall–Kier alpha value is -1.39. The van der Waals surface area contributed by atoms with Crippen LogP contribution in [0.2, 0.25) is 0 Å². The minimum atomic E-state index is -0.903. The van der Waals surface area contributed by atoms with Crippen molar-refractivity contribution in [2.45, 2.75) is 45.6 Å². The summed E-state index contributed by atoms with van der Waals surface area (Å²) in [6.07, 6.45) is 0. The second-order valence-corrected chi connectivity index (χ2v) is 6.10. The van der Waals surface area contributed by atoms with Crippen LogP contribution in [0.15, 0.2) is 24.3 Å². The van der Waals surface area contributed by atoms with Gasteiger partial charge in [0.25, 0.3) is 0 Å². The zero-order chi connectivity index (χ0) is 15.3. The zero-order valence-corrected chi connectivity index (χ0v) is 12.3.